The van der Waals surface area contributed by atoms with Crippen LogP contribution in [-0.2, 0) is 67.3 Å². The Morgan fingerprint density at radius 1 is 0.236 bits per heavy atom. The number of carbonyl (C=O) groups is 6. The van der Waals surface area contributed by atoms with E-state index in [1.54, 1.807) is 72.8 Å². The minimum Gasteiger partial charge on any atom is -0.482 e. The monoisotopic (exact) mass is 984 g/mol. The van der Waals surface area contributed by atoms with Crippen LogP contribution in [0, 0.1) is 0 Å². The molecule has 12 bridgehead atoms. The predicted octanol–water partition coefficient (Wildman–Crippen LogP) is 6.33. The average Bonchev–Trinajstić information content (AvgIpc) is 3.29. The highest BCUT2D eigenvalue weighted by Crippen LogP contribution is 2.32. The minimum absolute atomic E-state index is 0.236. The van der Waals surface area contributed by atoms with E-state index in [1.807, 2.05) is 36.4 Å². The summed E-state index contributed by atoms with van der Waals surface area (Å²) in [6.07, 6.45) is 1.42. The van der Waals surface area contributed by atoms with Crippen molar-refractivity contribution in [2.24, 2.45) is 0 Å². The topological polar surface area (TPSA) is 279 Å². The van der Waals surface area contributed by atoms with Crippen molar-refractivity contribution >= 4 is 35.8 Å². The molecule has 0 saturated heterocycles. The quantitative estimate of drug-likeness (QED) is 0.0548. The van der Waals surface area contributed by atoms with Crippen molar-refractivity contribution in [2.45, 2.75) is 38.5 Å². The number of carboxylic acid groups (broad SMARTS) is 6. The summed E-state index contributed by atoms with van der Waals surface area (Å²) in [5.74, 6) is -5.65. The summed E-state index contributed by atoms with van der Waals surface area (Å²) >= 11 is 0. The van der Waals surface area contributed by atoms with E-state index in [-0.39, 0.29) is 73.0 Å². The van der Waals surface area contributed by atoms with Gasteiger partial charge in [-0.3, -0.25) is 0 Å². The molecule has 0 heterocycles. The molecule has 6 N–H and O–H groups in total. The molecule has 72 heavy (non-hydrogen) atoms. The lowest BCUT2D eigenvalue weighted by atomic mass is 9.93. The number of carboxylic acids is 6. The molecule has 0 unspecified atom stereocenters. The molecule has 18 heteroatoms. The molecule has 0 radical (unpaired) electrons. The standard InChI is InChI=1S/C54H48O18/c55-49(56)25-67-43-13-31-1-32(14-43)8-34-3-36(18-45(16-34)69-27-51(59)60)10-38-5-40(22-47(20-38)71-29-53(63)64)12-42-6-41(23-48(24-42)72-30-54(65)66)11-39-4-37(19-46(21-39)70-28-52(61)62)9-35-2-33(7-31)15-44(17-35)68-26-50(57)58/h1-6,13-24H,7-12,25-30H2,(H,55,56)(H,57,58)(H,59,60)(H,61,62)(H,63,64)(H,65,66). The highest BCUT2D eigenvalue weighted by atomic mass is 16.5. The Kier molecular flexibility index (Phi) is 16.6. The van der Waals surface area contributed by atoms with Gasteiger partial charge in [0.1, 0.15) is 34.5 Å². The van der Waals surface area contributed by atoms with E-state index in [0.717, 1.165) is 0 Å². The molecule has 0 fully saturated rings. The van der Waals surface area contributed by atoms with Gasteiger partial charge in [-0.15, -0.1) is 0 Å². The van der Waals surface area contributed by atoms with Gasteiger partial charge >= 0.3 is 35.8 Å². The number of fused-ring (bicyclic) bond motifs is 12. The van der Waals surface area contributed by atoms with E-state index in [2.05, 4.69) is 0 Å². The van der Waals surface area contributed by atoms with Crippen LogP contribution in [0.4, 0.5) is 0 Å². The summed E-state index contributed by atoms with van der Waals surface area (Å²) in [7, 11) is 0. The van der Waals surface area contributed by atoms with Crippen LogP contribution in [0.3, 0.4) is 0 Å². The fourth-order valence-electron chi connectivity index (χ4n) is 8.38. The maximum absolute atomic E-state index is 11.6. The Hall–Kier alpha value is -9.06. The zero-order valence-electron chi connectivity index (χ0n) is 38.5. The third-order valence-electron chi connectivity index (χ3n) is 10.8. The molecule has 0 aliphatic heterocycles. The van der Waals surface area contributed by atoms with Gasteiger partial charge in [0.05, 0.1) is 0 Å². The summed E-state index contributed by atoms with van der Waals surface area (Å²) in [5.41, 5.74) is 8.26. The van der Waals surface area contributed by atoms with Gasteiger partial charge in [0.2, 0.25) is 0 Å². The van der Waals surface area contributed by atoms with Crippen LogP contribution in [0.5, 0.6) is 34.5 Å². The SMILES string of the molecule is O=C(O)COc1cc2cc(c1)Cc1cc(cc(OCC(=O)O)c1)Cc1cc(cc(OCC(=O)O)c1)Cc1cc(cc(OCC(=O)O)c1)Cc1cc(cc(OCC(=O)O)c1)Cc1cc(cc(OCC(=O)O)c1)C2. The Balaban J connectivity index is 1.41. The minimum atomic E-state index is -1.20. The number of rotatable bonds is 18. The number of ether oxygens (including phenoxy) is 6. The second-order valence-electron chi connectivity index (χ2n) is 17.1. The molecule has 0 saturated carbocycles. The molecule has 6 aromatic carbocycles. The van der Waals surface area contributed by atoms with Gasteiger partial charge in [-0.1, -0.05) is 36.4 Å². The normalized spacial score (nSPS) is 12.0. The Bertz CT molecular complexity index is 2390. The van der Waals surface area contributed by atoms with Crippen LogP contribution in [-0.4, -0.2) is 106 Å². The highest BCUT2D eigenvalue weighted by molar-refractivity contribution is 5.70. The van der Waals surface area contributed by atoms with Crippen LogP contribution in [0.15, 0.2) is 109 Å². The van der Waals surface area contributed by atoms with E-state index < -0.39 is 75.5 Å². The maximum Gasteiger partial charge on any atom is 0.341 e. The molecule has 0 amide bonds. The first kappa shape index (κ1) is 50.8. The molecule has 0 atom stereocenters. The van der Waals surface area contributed by atoms with Crippen LogP contribution in [0.25, 0.3) is 0 Å². The van der Waals surface area contributed by atoms with Gasteiger partial charge in [-0.2, -0.15) is 0 Å². The molecule has 1 aliphatic carbocycles. The lowest BCUT2D eigenvalue weighted by molar-refractivity contribution is -0.140. The number of benzene rings is 6. The van der Waals surface area contributed by atoms with Crippen LogP contribution < -0.4 is 28.4 Å². The lowest BCUT2D eigenvalue weighted by Crippen LogP contribution is -2.11. The molecule has 372 valence electrons. The third-order valence-corrected chi connectivity index (χ3v) is 10.8. The second-order valence-corrected chi connectivity index (χ2v) is 17.1. The van der Waals surface area contributed by atoms with E-state index in [0.29, 0.717) is 66.8 Å². The maximum atomic E-state index is 11.6. The number of hydrogen-bond acceptors (Lipinski definition) is 12. The fraction of sp³-hybridized carbons (Fsp3) is 0.222. The van der Waals surface area contributed by atoms with Gasteiger partial charge in [0.25, 0.3) is 0 Å². The first-order valence-electron chi connectivity index (χ1n) is 22.3. The van der Waals surface area contributed by atoms with Crippen molar-refractivity contribution in [1.29, 1.82) is 0 Å². The Morgan fingerprint density at radius 3 is 0.444 bits per heavy atom. The Morgan fingerprint density at radius 2 is 0.347 bits per heavy atom. The molecule has 6 aromatic rings. The second kappa shape index (κ2) is 23.5. The van der Waals surface area contributed by atoms with E-state index >= 15 is 0 Å². The first-order valence-corrected chi connectivity index (χ1v) is 22.3. The van der Waals surface area contributed by atoms with E-state index in [9.17, 15) is 59.4 Å². The molecule has 18 nitrogen and oxygen atoms in total. The van der Waals surface area contributed by atoms with Crippen molar-refractivity contribution in [3.8, 4) is 34.5 Å². The molecule has 7 rings (SSSR count). The zero-order chi connectivity index (χ0) is 51.3. The van der Waals surface area contributed by atoms with Crippen LogP contribution >= 0.6 is 0 Å². The summed E-state index contributed by atoms with van der Waals surface area (Å²) in [4.78, 5) is 69.9. The van der Waals surface area contributed by atoms with Crippen LogP contribution in [0.1, 0.15) is 66.8 Å². The van der Waals surface area contributed by atoms with Crippen molar-refractivity contribution < 1.29 is 87.8 Å². The summed E-state index contributed by atoms with van der Waals surface area (Å²) in [5, 5.41) is 57.0. The van der Waals surface area contributed by atoms with Crippen molar-refractivity contribution in [3.05, 3.63) is 176 Å². The molecular formula is C54H48O18. The Labute approximate surface area is 411 Å². The molecule has 0 spiro atoms. The summed E-state index contributed by atoms with van der Waals surface area (Å²) in [6.45, 7) is -3.79. The van der Waals surface area contributed by atoms with E-state index in [1.165, 1.54) is 0 Å². The highest BCUT2D eigenvalue weighted by Gasteiger charge is 2.16. The first-order chi connectivity index (χ1) is 34.4. The van der Waals surface area contributed by atoms with Gasteiger partial charge in [0.15, 0.2) is 39.6 Å². The fourth-order valence-corrected chi connectivity index (χ4v) is 8.38. The average molecular weight is 985 g/mol. The van der Waals surface area contributed by atoms with Crippen LogP contribution in [0.2, 0.25) is 0 Å². The van der Waals surface area contributed by atoms with Crippen molar-refractivity contribution in [1.82, 2.24) is 0 Å². The zero-order valence-corrected chi connectivity index (χ0v) is 38.5. The van der Waals surface area contributed by atoms with Crippen molar-refractivity contribution in [2.75, 3.05) is 39.6 Å². The molecular weight excluding hydrogens is 937 g/mol. The summed E-state index contributed by atoms with van der Waals surface area (Å²) in [6, 6.07) is 31.7. The van der Waals surface area contributed by atoms with Crippen molar-refractivity contribution in [3.63, 3.8) is 0 Å². The third kappa shape index (κ3) is 16.0. The molecule has 1 aliphatic rings. The number of aliphatic carboxylic acids is 6. The molecule has 0 aromatic heterocycles. The van der Waals surface area contributed by atoms with E-state index in [4.69, 9.17) is 28.4 Å². The predicted molar refractivity (Wildman–Crippen MR) is 254 cm³/mol. The number of hydrogen-bond donors (Lipinski definition) is 6. The van der Waals surface area contributed by atoms with Gasteiger partial charge in [0, 0.05) is 0 Å². The van der Waals surface area contributed by atoms with Gasteiger partial charge in [-0.05, 0) is 178 Å². The van der Waals surface area contributed by atoms with Gasteiger partial charge in [-0.25, -0.2) is 28.8 Å². The largest absolute Gasteiger partial charge is 0.482 e. The summed E-state index contributed by atoms with van der Waals surface area (Å²) < 4.78 is 34.2. The van der Waals surface area contributed by atoms with Gasteiger partial charge < -0.3 is 59.1 Å². The smallest absolute Gasteiger partial charge is 0.341 e. The lowest BCUT2D eigenvalue weighted by Gasteiger charge is -2.16.